The van der Waals surface area contributed by atoms with Crippen LogP contribution < -0.4 is 9.47 Å². The van der Waals surface area contributed by atoms with Gasteiger partial charge in [-0.2, -0.15) is 0 Å². The summed E-state index contributed by atoms with van der Waals surface area (Å²) < 4.78 is 31.7. The molecule has 0 saturated carbocycles. The number of aliphatic hydroxyl groups is 1. The van der Waals surface area contributed by atoms with E-state index in [0.717, 1.165) is 0 Å². The van der Waals surface area contributed by atoms with Gasteiger partial charge in [0, 0.05) is 28.6 Å². The maximum Gasteiger partial charge on any atom is 0.330 e. The van der Waals surface area contributed by atoms with Crippen LogP contribution in [-0.2, 0) is 9.53 Å². The molecule has 2 aromatic carbocycles. The van der Waals surface area contributed by atoms with E-state index in [2.05, 4.69) is 4.74 Å². The van der Waals surface area contributed by atoms with Gasteiger partial charge in [0.2, 0.25) is 0 Å². The van der Waals surface area contributed by atoms with Gasteiger partial charge < -0.3 is 23.9 Å². The van der Waals surface area contributed by atoms with Gasteiger partial charge in [-0.15, -0.1) is 0 Å². The Morgan fingerprint density at radius 1 is 1.16 bits per heavy atom. The third kappa shape index (κ3) is 4.57. The molecule has 0 fully saturated rings. The van der Waals surface area contributed by atoms with Gasteiger partial charge in [0.1, 0.15) is 11.9 Å². The summed E-state index contributed by atoms with van der Waals surface area (Å²) in [7, 11) is 4.08. The van der Waals surface area contributed by atoms with Crippen LogP contribution >= 0.6 is 11.6 Å². The minimum atomic E-state index is -1.42. The van der Waals surface area contributed by atoms with Gasteiger partial charge in [0.15, 0.2) is 11.5 Å². The van der Waals surface area contributed by atoms with Crippen LogP contribution in [0.5, 0.6) is 11.5 Å². The quantitative estimate of drug-likeness (QED) is 0.426. The van der Waals surface area contributed by atoms with Crippen LogP contribution in [0.4, 0.5) is 4.39 Å². The van der Waals surface area contributed by atoms with E-state index in [1.165, 1.54) is 39.5 Å². The van der Waals surface area contributed by atoms with Gasteiger partial charge in [-0.05, 0) is 48.5 Å². The van der Waals surface area contributed by atoms with Crippen LogP contribution in [0.2, 0.25) is 5.02 Å². The summed E-state index contributed by atoms with van der Waals surface area (Å²) in [5, 5.41) is 11.6. The number of aromatic nitrogens is 1. The van der Waals surface area contributed by atoms with Gasteiger partial charge in [0.05, 0.1) is 32.6 Å². The molecule has 31 heavy (non-hydrogen) atoms. The Labute approximate surface area is 184 Å². The van der Waals surface area contributed by atoms with Crippen LogP contribution in [0.1, 0.15) is 22.9 Å². The molecule has 1 atom stereocenters. The molecule has 3 aromatic rings. The smallest absolute Gasteiger partial charge is 0.330 e. The van der Waals surface area contributed by atoms with Crippen molar-refractivity contribution >= 4 is 23.6 Å². The molecule has 6 nitrogen and oxygen atoms in total. The lowest BCUT2D eigenvalue weighted by molar-refractivity contribution is -0.134. The number of carbonyl (C=O) groups is 1. The highest BCUT2D eigenvalue weighted by Crippen LogP contribution is 2.41. The zero-order valence-corrected chi connectivity index (χ0v) is 17.9. The maximum atomic E-state index is 14.8. The molecule has 3 rings (SSSR count). The fraction of sp³-hybridized carbons (Fsp3) is 0.174. The van der Waals surface area contributed by atoms with Crippen LogP contribution in [-0.4, -0.2) is 37.0 Å². The molecule has 0 spiro atoms. The van der Waals surface area contributed by atoms with Crippen LogP contribution in [0.15, 0.2) is 54.7 Å². The van der Waals surface area contributed by atoms with Crippen molar-refractivity contribution in [2.75, 3.05) is 21.3 Å². The SMILES string of the molecule is COC(=O)C=Cc1cccn1-c1ccc(Cl)cc1C(O)c1c(F)ccc(OC)c1OC. The Hall–Kier alpha value is -3.29. The zero-order valence-electron chi connectivity index (χ0n) is 17.1. The van der Waals surface area contributed by atoms with E-state index in [9.17, 15) is 14.3 Å². The fourth-order valence-electron chi connectivity index (χ4n) is 3.27. The molecule has 1 unspecified atom stereocenters. The molecule has 0 aliphatic rings. The molecule has 0 amide bonds. The second-order valence-corrected chi connectivity index (χ2v) is 6.90. The van der Waals surface area contributed by atoms with Crippen molar-refractivity contribution in [2.45, 2.75) is 6.10 Å². The summed E-state index contributed by atoms with van der Waals surface area (Å²) >= 11 is 6.20. The Balaban J connectivity index is 2.17. The highest BCUT2D eigenvalue weighted by molar-refractivity contribution is 6.30. The average Bonchev–Trinajstić information content (AvgIpc) is 3.24. The van der Waals surface area contributed by atoms with Crippen LogP contribution in [0.3, 0.4) is 0 Å². The van der Waals surface area contributed by atoms with Gasteiger partial charge in [-0.1, -0.05) is 11.6 Å². The normalized spacial score (nSPS) is 12.1. The van der Waals surface area contributed by atoms with Crippen LogP contribution in [0.25, 0.3) is 11.8 Å². The van der Waals surface area contributed by atoms with Gasteiger partial charge >= 0.3 is 5.97 Å². The maximum absolute atomic E-state index is 14.8. The van der Waals surface area contributed by atoms with E-state index in [1.54, 1.807) is 47.2 Å². The van der Waals surface area contributed by atoms with Crippen molar-refractivity contribution in [3.05, 3.63) is 82.4 Å². The second-order valence-electron chi connectivity index (χ2n) is 6.46. The third-order valence-electron chi connectivity index (χ3n) is 4.72. The largest absolute Gasteiger partial charge is 0.493 e. The van der Waals surface area contributed by atoms with Gasteiger partial charge in [-0.25, -0.2) is 9.18 Å². The highest BCUT2D eigenvalue weighted by atomic mass is 35.5. The Kier molecular flexibility index (Phi) is 6.99. The number of hydrogen-bond acceptors (Lipinski definition) is 5. The topological polar surface area (TPSA) is 69.9 Å². The Bertz CT molecular complexity index is 1130. The van der Waals surface area contributed by atoms with Crippen LogP contribution in [0, 0.1) is 5.82 Å². The number of halogens is 2. The number of benzene rings is 2. The fourth-order valence-corrected chi connectivity index (χ4v) is 3.45. The number of hydrogen-bond donors (Lipinski definition) is 1. The molecule has 1 N–H and O–H groups in total. The first-order chi connectivity index (χ1) is 14.9. The standard InChI is InChI=1S/C23H21ClFNO5/c1-29-19-10-8-17(25)21(23(19)31-3)22(28)16-13-14(24)6-9-18(16)26-12-4-5-15(26)7-11-20(27)30-2/h4-13,22,28H,1-3H3. The first-order valence-electron chi connectivity index (χ1n) is 9.22. The molecular formula is C23H21ClFNO5. The van der Waals surface area contributed by atoms with Crippen molar-refractivity contribution in [1.82, 2.24) is 4.57 Å². The van der Waals surface area contributed by atoms with Gasteiger partial charge in [0.25, 0.3) is 0 Å². The van der Waals surface area contributed by atoms with Crippen molar-refractivity contribution in [2.24, 2.45) is 0 Å². The Morgan fingerprint density at radius 3 is 2.61 bits per heavy atom. The van der Waals surface area contributed by atoms with E-state index in [0.29, 0.717) is 22.0 Å². The predicted molar refractivity (Wildman–Crippen MR) is 115 cm³/mol. The van der Waals surface area contributed by atoms with E-state index in [-0.39, 0.29) is 17.1 Å². The average molecular weight is 446 g/mol. The van der Waals surface area contributed by atoms with E-state index in [1.807, 2.05) is 0 Å². The van der Waals surface area contributed by atoms with Crippen molar-refractivity contribution in [3.63, 3.8) is 0 Å². The molecule has 8 heteroatoms. The summed E-state index contributed by atoms with van der Waals surface area (Å²) in [6.07, 6.45) is 3.18. The Morgan fingerprint density at radius 2 is 1.94 bits per heavy atom. The number of aliphatic hydroxyl groups excluding tert-OH is 1. The molecular weight excluding hydrogens is 425 g/mol. The molecule has 0 saturated heterocycles. The summed E-state index contributed by atoms with van der Waals surface area (Å²) in [6.45, 7) is 0. The molecule has 0 bridgehead atoms. The minimum absolute atomic E-state index is 0.0795. The third-order valence-corrected chi connectivity index (χ3v) is 4.95. The number of methoxy groups -OCH3 is 3. The summed E-state index contributed by atoms with van der Waals surface area (Å²) in [4.78, 5) is 11.5. The lowest BCUT2D eigenvalue weighted by atomic mass is 9.97. The monoisotopic (exact) mass is 445 g/mol. The second kappa shape index (κ2) is 9.68. The number of nitrogens with zero attached hydrogens (tertiary/aromatic N) is 1. The lowest BCUT2D eigenvalue weighted by Gasteiger charge is -2.21. The van der Waals surface area contributed by atoms with Gasteiger partial charge in [-0.3, -0.25) is 0 Å². The highest BCUT2D eigenvalue weighted by Gasteiger charge is 2.26. The first kappa shape index (κ1) is 22.4. The van der Waals surface area contributed by atoms with Crippen molar-refractivity contribution in [1.29, 1.82) is 0 Å². The number of carbonyl (C=O) groups excluding carboxylic acids is 1. The summed E-state index contributed by atoms with van der Waals surface area (Å²) in [5.41, 5.74) is 1.43. The van der Waals surface area contributed by atoms with Crippen molar-refractivity contribution < 1.29 is 28.5 Å². The number of ether oxygens (including phenoxy) is 3. The molecule has 0 aliphatic heterocycles. The minimum Gasteiger partial charge on any atom is -0.493 e. The summed E-state index contributed by atoms with van der Waals surface area (Å²) in [5.74, 6) is -0.801. The zero-order chi connectivity index (χ0) is 22.5. The van der Waals surface area contributed by atoms with E-state index >= 15 is 0 Å². The molecule has 0 aliphatic carbocycles. The van der Waals surface area contributed by atoms with E-state index in [4.69, 9.17) is 21.1 Å². The van der Waals surface area contributed by atoms with E-state index < -0.39 is 17.9 Å². The number of rotatable bonds is 7. The molecule has 1 aromatic heterocycles. The first-order valence-corrected chi connectivity index (χ1v) is 9.60. The molecule has 162 valence electrons. The lowest BCUT2D eigenvalue weighted by Crippen LogP contribution is -2.10. The predicted octanol–water partition coefficient (Wildman–Crippen LogP) is 4.55. The number of esters is 1. The molecule has 0 radical (unpaired) electrons. The van der Waals surface area contributed by atoms with Crippen molar-refractivity contribution in [3.8, 4) is 17.2 Å². The summed E-state index contributed by atoms with van der Waals surface area (Å²) in [6, 6.07) is 11.1. The molecule has 1 heterocycles.